The van der Waals surface area contributed by atoms with Gasteiger partial charge in [-0.15, -0.1) is 0 Å². The zero-order valence-corrected chi connectivity index (χ0v) is 7.45. The molecule has 0 atom stereocenters. The van der Waals surface area contributed by atoms with Gasteiger partial charge in [0.25, 0.3) is 0 Å². The minimum Gasteiger partial charge on any atom is -0.481 e. The van der Waals surface area contributed by atoms with E-state index < -0.39 is 5.97 Å². The van der Waals surface area contributed by atoms with Crippen LogP contribution in [0.15, 0.2) is 0 Å². The van der Waals surface area contributed by atoms with Gasteiger partial charge in [0.05, 0.1) is 6.42 Å². The van der Waals surface area contributed by atoms with Gasteiger partial charge in [0.1, 0.15) is 0 Å². The highest BCUT2D eigenvalue weighted by Gasteiger charge is 2.44. The van der Waals surface area contributed by atoms with E-state index >= 15 is 0 Å². The molecule has 0 aromatic rings. The summed E-state index contributed by atoms with van der Waals surface area (Å²) in [7, 11) is 0. The minimum absolute atomic E-state index is 0.138. The van der Waals surface area contributed by atoms with E-state index in [1.165, 1.54) is 0 Å². The summed E-state index contributed by atoms with van der Waals surface area (Å²) in [5.74, 6) is -0.637. The van der Waals surface area contributed by atoms with E-state index in [0.717, 1.165) is 25.9 Å². The number of piperidine rings is 3. The van der Waals surface area contributed by atoms with Crippen LogP contribution in [0.5, 0.6) is 0 Å². The number of amides is 1. The van der Waals surface area contributed by atoms with Crippen molar-refractivity contribution >= 4 is 11.9 Å². The van der Waals surface area contributed by atoms with Crippen LogP contribution < -0.4 is 0 Å². The zero-order chi connectivity index (χ0) is 9.47. The summed E-state index contributed by atoms with van der Waals surface area (Å²) < 4.78 is 0. The Morgan fingerprint density at radius 3 is 2.54 bits per heavy atom. The number of carboxylic acid groups (broad SMARTS) is 1. The third kappa shape index (κ3) is 1.41. The molecule has 3 aliphatic rings. The molecule has 1 N–H and O–H groups in total. The second-order valence-corrected chi connectivity index (χ2v) is 4.13. The Bertz CT molecular complexity index is 250. The van der Waals surface area contributed by atoms with Crippen LogP contribution in [0.1, 0.15) is 25.7 Å². The first-order valence-corrected chi connectivity index (χ1v) is 4.61. The molecule has 0 unspecified atom stereocenters. The fraction of sp³-hybridized carbons (Fsp3) is 0.778. The van der Waals surface area contributed by atoms with Crippen LogP contribution in [0.3, 0.4) is 0 Å². The summed E-state index contributed by atoms with van der Waals surface area (Å²) in [6.45, 7) is 1.51. The largest absolute Gasteiger partial charge is 0.481 e. The molecule has 2 bridgehead atoms. The van der Waals surface area contributed by atoms with E-state index in [-0.39, 0.29) is 17.7 Å². The second-order valence-electron chi connectivity index (χ2n) is 4.13. The number of fused-ring (bicyclic) bond motifs is 3. The van der Waals surface area contributed by atoms with Crippen molar-refractivity contribution in [2.24, 2.45) is 5.41 Å². The fourth-order valence-corrected chi connectivity index (χ4v) is 2.40. The number of aliphatic carboxylic acids is 1. The first-order chi connectivity index (χ1) is 6.11. The van der Waals surface area contributed by atoms with Crippen molar-refractivity contribution in [2.45, 2.75) is 25.7 Å². The molecule has 0 radical (unpaired) electrons. The number of carbonyl (C=O) groups excluding carboxylic acids is 1. The van der Waals surface area contributed by atoms with E-state index in [2.05, 4.69) is 0 Å². The maximum Gasteiger partial charge on any atom is 0.303 e. The van der Waals surface area contributed by atoms with Gasteiger partial charge in [-0.25, -0.2) is 0 Å². The topological polar surface area (TPSA) is 57.6 Å². The predicted octanol–water partition coefficient (Wildman–Crippen LogP) is 0.474. The third-order valence-electron chi connectivity index (χ3n) is 3.23. The van der Waals surface area contributed by atoms with E-state index in [0.29, 0.717) is 6.42 Å². The average Bonchev–Trinajstić information content (AvgIpc) is 2.03. The van der Waals surface area contributed by atoms with E-state index in [1.54, 1.807) is 0 Å². The highest BCUT2D eigenvalue weighted by Crippen LogP contribution is 2.43. The number of carbonyl (C=O) groups is 2. The van der Waals surface area contributed by atoms with Gasteiger partial charge in [-0.3, -0.25) is 9.59 Å². The van der Waals surface area contributed by atoms with Crippen molar-refractivity contribution in [1.29, 1.82) is 0 Å². The molecule has 0 saturated carbocycles. The summed E-state index contributed by atoms with van der Waals surface area (Å²) in [5.41, 5.74) is -0.211. The molecule has 4 heteroatoms. The zero-order valence-electron chi connectivity index (χ0n) is 7.45. The first kappa shape index (κ1) is 8.53. The normalized spacial score (nSPS) is 24.9. The second kappa shape index (κ2) is 2.72. The van der Waals surface area contributed by atoms with E-state index in [9.17, 15) is 9.59 Å². The quantitative estimate of drug-likeness (QED) is 0.677. The molecule has 0 aromatic heterocycles. The van der Waals surface area contributed by atoms with Gasteiger partial charge in [0.2, 0.25) is 5.91 Å². The molecule has 13 heavy (non-hydrogen) atoms. The molecule has 3 rings (SSSR count). The molecule has 3 aliphatic heterocycles. The molecule has 3 fully saturated rings. The number of hydrogen-bond acceptors (Lipinski definition) is 2. The van der Waals surface area contributed by atoms with Gasteiger partial charge < -0.3 is 10.0 Å². The lowest BCUT2D eigenvalue weighted by Gasteiger charge is -2.47. The van der Waals surface area contributed by atoms with Crippen LogP contribution in [-0.2, 0) is 9.59 Å². The summed E-state index contributed by atoms with van der Waals surface area (Å²) >= 11 is 0. The van der Waals surface area contributed by atoms with Crippen LogP contribution in [0.2, 0.25) is 0 Å². The molecule has 0 spiro atoms. The lowest BCUT2D eigenvalue weighted by Crippen LogP contribution is -2.52. The van der Waals surface area contributed by atoms with Crippen molar-refractivity contribution < 1.29 is 14.7 Å². The maximum atomic E-state index is 11.4. The van der Waals surface area contributed by atoms with Gasteiger partial charge in [-0.05, 0) is 18.3 Å². The SMILES string of the molecule is O=C(O)CC12CCN(CC1)C(=O)C2. The molecule has 4 nitrogen and oxygen atoms in total. The fourth-order valence-electron chi connectivity index (χ4n) is 2.40. The van der Waals surface area contributed by atoms with Crippen LogP contribution in [0.4, 0.5) is 0 Å². The number of carboxylic acids is 1. The Labute approximate surface area is 76.5 Å². The van der Waals surface area contributed by atoms with Crippen molar-refractivity contribution in [1.82, 2.24) is 4.90 Å². The first-order valence-electron chi connectivity index (χ1n) is 4.61. The maximum absolute atomic E-state index is 11.4. The summed E-state index contributed by atoms with van der Waals surface area (Å²) in [6.07, 6.45) is 2.34. The lowest BCUT2D eigenvalue weighted by molar-refractivity contribution is -0.150. The molecular formula is C9H13NO3. The van der Waals surface area contributed by atoms with Gasteiger partial charge in [-0.2, -0.15) is 0 Å². The van der Waals surface area contributed by atoms with Crippen molar-refractivity contribution in [3.05, 3.63) is 0 Å². The standard InChI is InChI=1S/C9H13NO3/c11-7-5-9(6-8(12)13)1-3-10(7)4-2-9/h1-6H2,(H,12,13). The van der Waals surface area contributed by atoms with Gasteiger partial charge in [-0.1, -0.05) is 0 Å². The van der Waals surface area contributed by atoms with Gasteiger partial charge in [0.15, 0.2) is 0 Å². The Balaban J connectivity index is 2.13. The van der Waals surface area contributed by atoms with Crippen LogP contribution in [-0.4, -0.2) is 35.0 Å². The smallest absolute Gasteiger partial charge is 0.303 e. The molecular weight excluding hydrogens is 170 g/mol. The number of rotatable bonds is 2. The lowest BCUT2D eigenvalue weighted by atomic mass is 9.69. The highest BCUT2D eigenvalue weighted by atomic mass is 16.4. The van der Waals surface area contributed by atoms with E-state index in [4.69, 9.17) is 5.11 Å². The molecule has 3 heterocycles. The minimum atomic E-state index is -0.775. The molecule has 72 valence electrons. The highest BCUT2D eigenvalue weighted by molar-refractivity contribution is 5.80. The third-order valence-corrected chi connectivity index (χ3v) is 3.23. The number of hydrogen-bond donors (Lipinski definition) is 1. The summed E-state index contributed by atoms with van der Waals surface area (Å²) in [4.78, 5) is 23.8. The molecule has 0 aromatic carbocycles. The monoisotopic (exact) mass is 183 g/mol. The Kier molecular flexibility index (Phi) is 1.78. The molecule has 1 amide bonds. The Morgan fingerprint density at radius 1 is 1.46 bits per heavy atom. The van der Waals surface area contributed by atoms with Crippen LogP contribution in [0.25, 0.3) is 0 Å². The van der Waals surface area contributed by atoms with Gasteiger partial charge in [0, 0.05) is 19.5 Å². The Hall–Kier alpha value is -1.06. The van der Waals surface area contributed by atoms with Crippen molar-refractivity contribution in [3.63, 3.8) is 0 Å². The van der Waals surface area contributed by atoms with Crippen LogP contribution in [0, 0.1) is 5.41 Å². The van der Waals surface area contributed by atoms with E-state index in [1.807, 2.05) is 4.90 Å². The van der Waals surface area contributed by atoms with Gasteiger partial charge >= 0.3 is 5.97 Å². The predicted molar refractivity (Wildman–Crippen MR) is 45.1 cm³/mol. The molecule has 3 saturated heterocycles. The number of nitrogens with zero attached hydrogens (tertiary/aromatic N) is 1. The summed E-state index contributed by atoms with van der Waals surface area (Å²) in [6, 6.07) is 0. The summed E-state index contributed by atoms with van der Waals surface area (Å²) in [5, 5.41) is 8.74. The van der Waals surface area contributed by atoms with Crippen LogP contribution >= 0.6 is 0 Å². The van der Waals surface area contributed by atoms with Crippen molar-refractivity contribution in [2.75, 3.05) is 13.1 Å². The Morgan fingerprint density at radius 2 is 2.08 bits per heavy atom. The molecule has 0 aliphatic carbocycles. The van der Waals surface area contributed by atoms with Crippen molar-refractivity contribution in [3.8, 4) is 0 Å². The average molecular weight is 183 g/mol.